The van der Waals surface area contributed by atoms with E-state index in [1.807, 2.05) is 13.0 Å². The van der Waals surface area contributed by atoms with Crippen molar-refractivity contribution in [2.45, 2.75) is 13.0 Å². The molecular weight excluding hydrogens is 273 g/mol. The third kappa shape index (κ3) is 4.10. The highest BCUT2D eigenvalue weighted by Gasteiger charge is 2.09. The highest BCUT2D eigenvalue weighted by Crippen LogP contribution is 2.19. The van der Waals surface area contributed by atoms with Crippen LogP contribution in [0.3, 0.4) is 0 Å². The highest BCUT2D eigenvalue weighted by molar-refractivity contribution is 5.43. The molecule has 1 aromatic heterocycles. The SMILES string of the molecule is C/C=C\NC(/C=C/Oc1ccc(N)c(F)c1)c1cnco1. The second-order valence-electron chi connectivity index (χ2n) is 4.18. The van der Waals surface area contributed by atoms with E-state index in [4.69, 9.17) is 14.9 Å². The minimum Gasteiger partial charge on any atom is -0.465 e. The Hall–Kier alpha value is -2.76. The topological polar surface area (TPSA) is 73.3 Å². The maximum Gasteiger partial charge on any atom is 0.180 e. The Balaban J connectivity index is 2.04. The van der Waals surface area contributed by atoms with Crippen LogP contribution in [0.1, 0.15) is 18.7 Å². The molecule has 21 heavy (non-hydrogen) atoms. The minimum atomic E-state index is -0.514. The summed E-state index contributed by atoms with van der Waals surface area (Å²) in [4.78, 5) is 3.87. The van der Waals surface area contributed by atoms with Gasteiger partial charge in [0.2, 0.25) is 0 Å². The molecule has 0 aliphatic rings. The van der Waals surface area contributed by atoms with Crippen LogP contribution < -0.4 is 15.8 Å². The van der Waals surface area contributed by atoms with Gasteiger partial charge in [-0.1, -0.05) is 6.08 Å². The van der Waals surface area contributed by atoms with Gasteiger partial charge in [-0.15, -0.1) is 0 Å². The first-order chi connectivity index (χ1) is 10.2. The molecule has 6 heteroatoms. The van der Waals surface area contributed by atoms with Crippen molar-refractivity contribution in [1.29, 1.82) is 0 Å². The van der Waals surface area contributed by atoms with Crippen LogP contribution in [0.5, 0.6) is 5.75 Å². The van der Waals surface area contributed by atoms with Gasteiger partial charge in [-0.25, -0.2) is 9.37 Å². The number of ether oxygens (including phenoxy) is 1. The lowest BCUT2D eigenvalue weighted by atomic mass is 10.2. The van der Waals surface area contributed by atoms with E-state index < -0.39 is 5.82 Å². The molecule has 5 nitrogen and oxygen atoms in total. The van der Waals surface area contributed by atoms with Crippen molar-refractivity contribution >= 4 is 5.69 Å². The number of oxazole rings is 1. The number of allylic oxidation sites excluding steroid dienone is 1. The van der Waals surface area contributed by atoms with E-state index in [1.54, 1.807) is 24.5 Å². The van der Waals surface area contributed by atoms with Gasteiger partial charge < -0.3 is 20.2 Å². The maximum atomic E-state index is 13.3. The van der Waals surface area contributed by atoms with Gasteiger partial charge in [-0.2, -0.15) is 0 Å². The number of rotatable bonds is 6. The molecule has 0 radical (unpaired) electrons. The van der Waals surface area contributed by atoms with E-state index in [0.717, 1.165) is 0 Å². The Morgan fingerprint density at radius 2 is 2.33 bits per heavy atom. The number of nitrogens with zero attached hydrogens (tertiary/aromatic N) is 1. The van der Waals surface area contributed by atoms with E-state index in [0.29, 0.717) is 11.5 Å². The van der Waals surface area contributed by atoms with Crippen molar-refractivity contribution in [2.75, 3.05) is 5.73 Å². The molecule has 1 heterocycles. The van der Waals surface area contributed by atoms with Gasteiger partial charge >= 0.3 is 0 Å². The smallest absolute Gasteiger partial charge is 0.180 e. The molecule has 2 rings (SSSR count). The Labute approximate surface area is 121 Å². The summed E-state index contributed by atoms with van der Waals surface area (Å²) in [6.45, 7) is 1.89. The predicted octanol–water partition coefficient (Wildman–Crippen LogP) is 3.15. The molecule has 110 valence electrons. The van der Waals surface area contributed by atoms with Crippen molar-refractivity contribution in [1.82, 2.24) is 10.3 Å². The Bertz CT molecular complexity index is 624. The molecule has 0 bridgehead atoms. The summed E-state index contributed by atoms with van der Waals surface area (Å²) in [6, 6.07) is 4.03. The third-order valence-electron chi connectivity index (χ3n) is 2.65. The highest BCUT2D eigenvalue weighted by atomic mass is 19.1. The number of hydrogen-bond donors (Lipinski definition) is 2. The Morgan fingerprint density at radius 1 is 1.48 bits per heavy atom. The van der Waals surface area contributed by atoms with Gasteiger partial charge in [-0.3, -0.25) is 0 Å². The molecular formula is C15H16FN3O2. The maximum absolute atomic E-state index is 13.3. The van der Waals surface area contributed by atoms with E-state index in [-0.39, 0.29) is 11.7 Å². The zero-order chi connectivity index (χ0) is 15.1. The number of nitrogen functional groups attached to an aromatic ring is 1. The quantitative estimate of drug-likeness (QED) is 0.631. The first-order valence-corrected chi connectivity index (χ1v) is 6.34. The number of hydrogen-bond acceptors (Lipinski definition) is 5. The Kier molecular flexibility index (Phi) is 4.98. The van der Waals surface area contributed by atoms with Gasteiger partial charge in [0.25, 0.3) is 0 Å². The van der Waals surface area contributed by atoms with Crippen LogP contribution in [0, 0.1) is 5.82 Å². The molecule has 0 aliphatic heterocycles. The molecule has 0 saturated carbocycles. The molecule has 1 atom stereocenters. The summed E-state index contributed by atoms with van der Waals surface area (Å²) in [5.74, 6) is 0.483. The van der Waals surface area contributed by atoms with Crippen LogP contribution in [0.25, 0.3) is 0 Å². The summed E-state index contributed by atoms with van der Waals surface area (Å²) in [6.07, 6.45) is 9.77. The summed E-state index contributed by atoms with van der Waals surface area (Å²) >= 11 is 0. The minimum absolute atomic E-state index is 0.0839. The van der Waals surface area contributed by atoms with Crippen molar-refractivity contribution in [3.05, 3.63) is 67.0 Å². The lowest BCUT2D eigenvalue weighted by Crippen LogP contribution is -2.12. The second-order valence-corrected chi connectivity index (χ2v) is 4.18. The summed E-state index contributed by atoms with van der Waals surface area (Å²) < 4.78 is 23.9. The Morgan fingerprint density at radius 3 is 3.00 bits per heavy atom. The molecule has 3 N–H and O–H groups in total. The third-order valence-corrected chi connectivity index (χ3v) is 2.65. The van der Waals surface area contributed by atoms with E-state index >= 15 is 0 Å². The molecule has 0 amide bonds. The molecule has 1 aromatic carbocycles. The molecule has 0 fully saturated rings. The molecule has 2 aromatic rings. The van der Waals surface area contributed by atoms with Crippen LogP contribution in [0.4, 0.5) is 10.1 Å². The average Bonchev–Trinajstić information content (AvgIpc) is 3.00. The average molecular weight is 289 g/mol. The predicted molar refractivity (Wildman–Crippen MR) is 77.8 cm³/mol. The monoisotopic (exact) mass is 289 g/mol. The number of aromatic nitrogens is 1. The first kappa shape index (κ1) is 14.6. The van der Waals surface area contributed by atoms with Gasteiger partial charge in [0.05, 0.1) is 18.1 Å². The van der Waals surface area contributed by atoms with Crippen molar-refractivity contribution in [2.24, 2.45) is 0 Å². The van der Waals surface area contributed by atoms with Crippen molar-refractivity contribution in [3.8, 4) is 5.75 Å². The summed E-state index contributed by atoms with van der Waals surface area (Å²) in [7, 11) is 0. The number of benzene rings is 1. The largest absolute Gasteiger partial charge is 0.465 e. The van der Waals surface area contributed by atoms with Crippen LogP contribution >= 0.6 is 0 Å². The van der Waals surface area contributed by atoms with Gasteiger partial charge in [0.1, 0.15) is 17.6 Å². The van der Waals surface area contributed by atoms with Crippen molar-refractivity contribution < 1.29 is 13.5 Å². The van der Waals surface area contributed by atoms with Crippen molar-refractivity contribution in [3.63, 3.8) is 0 Å². The summed E-state index contributed by atoms with van der Waals surface area (Å²) in [5, 5.41) is 3.10. The van der Waals surface area contributed by atoms with Gasteiger partial charge in [0, 0.05) is 6.07 Å². The molecule has 0 spiro atoms. The fourth-order valence-electron chi connectivity index (χ4n) is 1.59. The standard InChI is InChI=1S/C15H16FN3O2/c1-2-6-19-14(15-9-18-10-21-15)5-7-20-11-3-4-13(17)12(16)8-11/h2-10,14,19H,17H2,1H3/b6-2-,7-5+. The second kappa shape index (κ2) is 7.14. The lowest BCUT2D eigenvalue weighted by Gasteiger charge is -2.09. The van der Waals surface area contributed by atoms with E-state index in [2.05, 4.69) is 10.3 Å². The summed E-state index contributed by atoms with van der Waals surface area (Å²) in [5.41, 5.74) is 5.48. The molecule has 1 unspecified atom stereocenters. The molecule has 0 saturated heterocycles. The lowest BCUT2D eigenvalue weighted by molar-refractivity contribution is 0.449. The van der Waals surface area contributed by atoms with Crippen LogP contribution in [-0.4, -0.2) is 4.98 Å². The van der Waals surface area contributed by atoms with Gasteiger partial charge in [0.15, 0.2) is 12.2 Å². The van der Waals surface area contributed by atoms with Crippen LogP contribution in [-0.2, 0) is 0 Å². The first-order valence-electron chi connectivity index (χ1n) is 6.34. The number of nitrogens with two attached hydrogens (primary N) is 1. The van der Waals surface area contributed by atoms with Crippen LogP contribution in [0.15, 0.2) is 59.8 Å². The van der Waals surface area contributed by atoms with Crippen LogP contribution in [0.2, 0.25) is 0 Å². The molecule has 0 aliphatic carbocycles. The number of anilines is 1. The fraction of sp³-hybridized carbons (Fsp3) is 0.133. The number of nitrogens with one attached hydrogen (secondary N) is 1. The number of halogens is 1. The van der Waals surface area contributed by atoms with E-state index in [1.165, 1.54) is 24.8 Å². The normalized spacial score (nSPS) is 12.9. The van der Waals surface area contributed by atoms with E-state index in [9.17, 15) is 4.39 Å². The zero-order valence-electron chi connectivity index (χ0n) is 11.5. The zero-order valence-corrected chi connectivity index (χ0v) is 11.5. The fourth-order valence-corrected chi connectivity index (χ4v) is 1.59. The van der Waals surface area contributed by atoms with Gasteiger partial charge in [-0.05, 0) is 31.3 Å².